The molecule has 0 aliphatic heterocycles. The van der Waals surface area contributed by atoms with Gasteiger partial charge in [0.05, 0.1) is 25.7 Å². The number of ketones is 1. The Morgan fingerprint density at radius 2 is 1.71 bits per heavy atom. The molecule has 0 radical (unpaired) electrons. The molecule has 5 heteroatoms. The largest absolute Gasteiger partial charge is 0.294 e. The summed E-state index contributed by atoms with van der Waals surface area (Å²) < 4.78 is 0. The van der Waals surface area contributed by atoms with Crippen LogP contribution >= 0.6 is 46.4 Å². The first-order chi connectivity index (χ1) is 7.75. The smallest absolute Gasteiger partial charge is 0.169 e. The molecule has 0 amide bonds. The van der Waals surface area contributed by atoms with Crippen LogP contribution in [0.25, 0.3) is 0 Å². The number of hydrogen-bond acceptors (Lipinski definition) is 1. The Morgan fingerprint density at radius 1 is 1.18 bits per heavy atom. The lowest BCUT2D eigenvalue weighted by atomic mass is 10.0. The summed E-state index contributed by atoms with van der Waals surface area (Å²) in [5, 5.41) is 0.849. The van der Waals surface area contributed by atoms with Gasteiger partial charge in [0.2, 0.25) is 0 Å². The second-order valence-electron chi connectivity index (χ2n) is 4.95. The monoisotopic (exact) mass is 310 g/mol. The van der Waals surface area contributed by atoms with Crippen molar-refractivity contribution in [2.75, 3.05) is 0 Å². The summed E-state index contributed by atoms with van der Waals surface area (Å²) in [5.41, 5.74) is 0.314. The predicted molar refractivity (Wildman–Crippen MR) is 72.7 cm³/mol. The van der Waals surface area contributed by atoms with E-state index >= 15 is 0 Å². The SMILES string of the molecule is CC1(C)CC1C(=O)c1c(Cl)cc(Cl)c(Cl)c1Cl. The molecular formula is C12H10Cl4O. The van der Waals surface area contributed by atoms with Crippen molar-refractivity contribution < 1.29 is 4.79 Å². The fourth-order valence-electron chi connectivity index (χ4n) is 1.88. The molecule has 2 rings (SSSR count). The summed E-state index contributed by atoms with van der Waals surface area (Å²) in [4.78, 5) is 12.3. The third-order valence-electron chi connectivity index (χ3n) is 3.19. The standard InChI is InChI=1S/C12H10Cl4O/c1-12(2)4-5(12)11(17)8-6(13)3-7(14)9(15)10(8)16/h3,5H,4H2,1-2H3. The third kappa shape index (κ3) is 2.31. The van der Waals surface area contributed by atoms with Crippen LogP contribution in [0.3, 0.4) is 0 Å². The highest BCUT2D eigenvalue weighted by molar-refractivity contribution is 6.51. The van der Waals surface area contributed by atoms with Crippen molar-refractivity contribution in [1.29, 1.82) is 0 Å². The van der Waals surface area contributed by atoms with Gasteiger partial charge >= 0.3 is 0 Å². The summed E-state index contributed by atoms with van der Waals surface area (Å²) in [5.74, 6) is -0.0849. The molecule has 1 aliphatic carbocycles. The third-order valence-corrected chi connectivity index (χ3v) is 4.75. The van der Waals surface area contributed by atoms with Gasteiger partial charge in [-0.15, -0.1) is 0 Å². The maximum atomic E-state index is 12.3. The topological polar surface area (TPSA) is 17.1 Å². The molecule has 1 aromatic rings. The minimum atomic E-state index is -0.0523. The van der Waals surface area contributed by atoms with E-state index in [-0.39, 0.29) is 37.2 Å². The van der Waals surface area contributed by atoms with Crippen LogP contribution < -0.4 is 0 Å². The van der Waals surface area contributed by atoms with Gasteiger partial charge in [0.15, 0.2) is 5.78 Å². The van der Waals surface area contributed by atoms with Crippen molar-refractivity contribution >= 4 is 52.2 Å². The van der Waals surface area contributed by atoms with Crippen molar-refractivity contribution in [2.24, 2.45) is 11.3 Å². The van der Waals surface area contributed by atoms with E-state index in [0.29, 0.717) is 5.56 Å². The fraction of sp³-hybridized carbons (Fsp3) is 0.417. The molecule has 1 atom stereocenters. The summed E-state index contributed by atoms with van der Waals surface area (Å²) in [6.45, 7) is 4.07. The van der Waals surface area contributed by atoms with Crippen LogP contribution in [0.5, 0.6) is 0 Å². The molecule has 0 spiro atoms. The zero-order chi connectivity index (χ0) is 13.0. The molecule has 0 bridgehead atoms. The highest BCUT2D eigenvalue weighted by atomic mass is 35.5. The van der Waals surface area contributed by atoms with Crippen LogP contribution in [0.4, 0.5) is 0 Å². The Labute approximate surface area is 120 Å². The summed E-state index contributed by atoms with van der Waals surface area (Å²) in [7, 11) is 0. The van der Waals surface area contributed by atoms with Gasteiger partial charge in [-0.05, 0) is 17.9 Å². The molecule has 0 saturated heterocycles. The number of rotatable bonds is 2. The Bertz CT molecular complexity index is 508. The van der Waals surface area contributed by atoms with Crippen molar-refractivity contribution in [1.82, 2.24) is 0 Å². The lowest BCUT2D eigenvalue weighted by Gasteiger charge is -2.10. The highest BCUT2D eigenvalue weighted by Gasteiger charge is 2.51. The van der Waals surface area contributed by atoms with Gasteiger partial charge in [0.25, 0.3) is 0 Å². The fourth-order valence-corrected chi connectivity index (χ4v) is 2.98. The molecule has 92 valence electrons. The van der Waals surface area contributed by atoms with Crippen LogP contribution in [0.15, 0.2) is 6.07 Å². The molecular weight excluding hydrogens is 302 g/mol. The van der Waals surface area contributed by atoms with Crippen LogP contribution in [-0.4, -0.2) is 5.78 Å². The number of carbonyl (C=O) groups excluding carboxylic acids is 1. The van der Waals surface area contributed by atoms with Crippen molar-refractivity contribution in [3.8, 4) is 0 Å². The van der Waals surface area contributed by atoms with E-state index in [1.165, 1.54) is 6.07 Å². The van der Waals surface area contributed by atoms with Crippen LogP contribution in [0, 0.1) is 11.3 Å². The Kier molecular flexibility index (Phi) is 3.42. The van der Waals surface area contributed by atoms with Crippen LogP contribution in [0.1, 0.15) is 30.6 Å². The number of benzene rings is 1. The molecule has 0 N–H and O–H groups in total. The van der Waals surface area contributed by atoms with E-state index in [2.05, 4.69) is 0 Å². The molecule has 1 aromatic carbocycles. The molecule has 17 heavy (non-hydrogen) atoms. The molecule has 0 aromatic heterocycles. The number of hydrogen-bond donors (Lipinski definition) is 0. The van der Waals surface area contributed by atoms with E-state index < -0.39 is 0 Å². The average molecular weight is 312 g/mol. The lowest BCUT2D eigenvalue weighted by Crippen LogP contribution is -2.08. The summed E-state index contributed by atoms with van der Waals surface area (Å²) in [6.07, 6.45) is 0.846. The lowest BCUT2D eigenvalue weighted by molar-refractivity contribution is 0.0953. The second kappa shape index (κ2) is 4.31. The normalized spacial score (nSPS) is 21.4. The molecule has 1 aliphatic rings. The van der Waals surface area contributed by atoms with E-state index in [1.54, 1.807) is 0 Å². The van der Waals surface area contributed by atoms with Gasteiger partial charge in [-0.25, -0.2) is 0 Å². The van der Waals surface area contributed by atoms with E-state index in [1.807, 2.05) is 13.8 Å². The molecule has 1 fully saturated rings. The first-order valence-corrected chi connectivity index (χ1v) is 6.64. The summed E-state index contributed by atoms with van der Waals surface area (Å²) >= 11 is 23.8. The zero-order valence-electron chi connectivity index (χ0n) is 9.28. The Morgan fingerprint density at radius 3 is 2.18 bits per heavy atom. The molecule has 1 nitrogen and oxygen atoms in total. The van der Waals surface area contributed by atoms with E-state index in [9.17, 15) is 4.79 Å². The maximum absolute atomic E-state index is 12.3. The Hall–Kier alpha value is 0.0500. The van der Waals surface area contributed by atoms with E-state index in [0.717, 1.165) is 6.42 Å². The van der Waals surface area contributed by atoms with Gasteiger partial charge in [-0.1, -0.05) is 60.3 Å². The maximum Gasteiger partial charge on any atom is 0.169 e. The number of carbonyl (C=O) groups is 1. The zero-order valence-corrected chi connectivity index (χ0v) is 12.3. The van der Waals surface area contributed by atoms with E-state index in [4.69, 9.17) is 46.4 Å². The first-order valence-electron chi connectivity index (χ1n) is 5.13. The van der Waals surface area contributed by atoms with Crippen molar-refractivity contribution in [2.45, 2.75) is 20.3 Å². The van der Waals surface area contributed by atoms with Gasteiger partial charge < -0.3 is 0 Å². The Balaban J connectivity index is 2.47. The van der Waals surface area contributed by atoms with Crippen molar-refractivity contribution in [3.05, 3.63) is 31.7 Å². The quantitative estimate of drug-likeness (QED) is 0.399. The van der Waals surface area contributed by atoms with Crippen LogP contribution in [-0.2, 0) is 0 Å². The number of halogens is 4. The molecule has 0 heterocycles. The van der Waals surface area contributed by atoms with Gasteiger partial charge in [-0.3, -0.25) is 4.79 Å². The minimum absolute atomic E-state index is 0.0237. The minimum Gasteiger partial charge on any atom is -0.294 e. The summed E-state index contributed by atoms with van der Waals surface area (Å²) in [6, 6.07) is 1.46. The second-order valence-corrected chi connectivity index (χ2v) is 6.52. The highest BCUT2D eigenvalue weighted by Crippen LogP contribution is 2.54. The van der Waals surface area contributed by atoms with Gasteiger partial charge in [-0.2, -0.15) is 0 Å². The van der Waals surface area contributed by atoms with Crippen molar-refractivity contribution in [3.63, 3.8) is 0 Å². The van der Waals surface area contributed by atoms with Gasteiger partial charge in [0, 0.05) is 5.92 Å². The van der Waals surface area contributed by atoms with Crippen LogP contribution in [0.2, 0.25) is 20.1 Å². The van der Waals surface area contributed by atoms with Gasteiger partial charge in [0.1, 0.15) is 0 Å². The average Bonchev–Trinajstić information content (AvgIpc) is 2.84. The molecule has 1 saturated carbocycles. The first kappa shape index (κ1) is 13.5. The number of Topliss-reactive ketones (excluding diaryl/α,β-unsaturated/α-hetero) is 1. The molecule has 1 unspecified atom stereocenters. The predicted octanol–water partition coefficient (Wildman–Crippen LogP) is 5.53.